The van der Waals surface area contributed by atoms with Gasteiger partial charge in [0.25, 0.3) is 16.0 Å². The molecule has 0 spiro atoms. The standard InChI is InChI=1S/C27H33N3O5.CH4O3S/c1-5-28-26(33)24-23(18-8-6-17(7-9-18)16-30-10-12-34-13-11-30)25(35-29-24)19-14-20(27(2,3)4)22(32)15-21(19)31;1-5(2,3)4/h6-9,14-15,31-32H,5,10-13,16H2,1-4H3,(H,28,33);1H3,(H,2,3,4). The van der Waals surface area contributed by atoms with Gasteiger partial charge in [0.1, 0.15) is 11.5 Å². The van der Waals surface area contributed by atoms with Crippen LogP contribution in [0.5, 0.6) is 11.5 Å². The first-order valence-corrected chi connectivity index (χ1v) is 14.7. The zero-order valence-electron chi connectivity index (χ0n) is 23.4. The van der Waals surface area contributed by atoms with Gasteiger partial charge in [0.05, 0.1) is 30.6 Å². The summed E-state index contributed by atoms with van der Waals surface area (Å²) < 4.78 is 37.0. The van der Waals surface area contributed by atoms with Crippen LogP contribution in [0.2, 0.25) is 0 Å². The molecule has 2 aromatic carbocycles. The number of phenolic OH excluding ortho intramolecular Hbond substituents is 2. The fraction of sp³-hybridized carbons (Fsp3) is 0.429. The zero-order valence-corrected chi connectivity index (χ0v) is 24.2. The van der Waals surface area contributed by atoms with E-state index in [-0.39, 0.29) is 34.3 Å². The van der Waals surface area contributed by atoms with E-state index in [1.807, 2.05) is 52.0 Å². The Hall–Kier alpha value is -3.45. The number of benzene rings is 2. The molecular formula is C28H37N3O8S. The number of aromatic hydroxyl groups is 2. The number of nitrogens with one attached hydrogen (secondary N) is 1. The van der Waals surface area contributed by atoms with Crippen molar-refractivity contribution in [1.82, 2.24) is 15.4 Å². The maximum Gasteiger partial charge on any atom is 0.274 e. The number of ether oxygens (including phenoxy) is 1. The molecule has 0 atom stereocenters. The van der Waals surface area contributed by atoms with Gasteiger partial charge in [-0.2, -0.15) is 8.42 Å². The number of nitrogens with zero attached hydrogens (tertiary/aromatic N) is 2. The van der Waals surface area contributed by atoms with Crippen LogP contribution in [0, 0.1) is 0 Å². The quantitative estimate of drug-likeness (QED) is 0.318. The maximum atomic E-state index is 12.8. The first kappa shape index (κ1) is 31.1. The van der Waals surface area contributed by atoms with Crippen LogP contribution in [0.25, 0.3) is 22.5 Å². The van der Waals surface area contributed by atoms with Gasteiger partial charge < -0.3 is 24.8 Å². The number of hydrogen-bond acceptors (Lipinski definition) is 9. The van der Waals surface area contributed by atoms with E-state index in [4.69, 9.17) is 13.8 Å². The SMILES string of the molecule is CCNC(=O)c1noc(-c2cc(C(C)(C)C)c(O)cc2O)c1-c1ccc(CN2CCOCC2)cc1.CS(=O)(=O)O. The van der Waals surface area contributed by atoms with Crippen LogP contribution < -0.4 is 5.32 Å². The fourth-order valence-electron chi connectivity index (χ4n) is 4.30. The Morgan fingerprint density at radius 2 is 1.68 bits per heavy atom. The van der Waals surface area contributed by atoms with Crippen LogP contribution in [-0.4, -0.2) is 78.3 Å². The van der Waals surface area contributed by atoms with Gasteiger partial charge in [0.15, 0.2) is 11.5 Å². The van der Waals surface area contributed by atoms with Crippen LogP contribution in [0.3, 0.4) is 0 Å². The molecule has 0 saturated carbocycles. The smallest absolute Gasteiger partial charge is 0.274 e. The molecule has 0 bridgehead atoms. The van der Waals surface area contributed by atoms with E-state index in [0.717, 1.165) is 44.0 Å². The normalized spacial score (nSPS) is 14.3. The molecule has 1 aliphatic heterocycles. The molecule has 1 fully saturated rings. The van der Waals surface area contributed by atoms with Crippen molar-refractivity contribution in [3.8, 4) is 33.9 Å². The van der Waals surface area contributed by atoms with Gasteiger partial charge in [-0.25, -0.2) is 0 Å². The van der Waals surface area contributed by atoms with Gasteiger partial charge in [0.2, 0.25) is 0 Å². The second kappa shape index (κ2) is 12.8. The van der Waals surface area contributed by atoms with Crippen molar-refractivity contribution in [2.45, 2.75) is 39.7 Å². The average molecular weight is 576 g/mol. The molecule has 218 valence electrons. The molecule has 0 aliphatic carbocycles. The first-order valence-electron chi connectivity index (χ1n) is 12.9. The molecule has 2 heterocycles. The minimum Gasteiger partial charge on any atom is -0.508 e. The Labute approximate surface area is 234 Å². The molecule has 3 aromatic rings. The Morgan fingerprint density at radius 3 is 2.23 bits per heavy atom. The van der Waals surface area contributed by atoms with Crippen molar-refractivity contribution >= 4 is 16.0 Å². The molecule has 1 aliphatic rings. The van der Waals surface area contributed by atoms with E-state index in [1.54, 1.807) is 6.07 Å². The van der Waals surface area contributed by atoms with Gasteiger partial charge >= 0.3 is 0 Å². The zero-order chi connectivity index (χ0) is 29.7. The highest BCUT2D eigenvalue weighted by Gasteiger charge is 2.28. The summed E-state index contributed by atoms with van der Waals surface area (Å²) in [5.41, 5.74) is 3.17. The van der Waals surface area contributed by atoms with Gasteiger partial charge in [-0.1, -0.05) is 50.2 Å². The van der Waals surface area contributed by atoms with Crippen molar-refractivity contribution in [3.63, 3.8) is 0 Å². The summed E-state index contributed by atoms with van der Waals surface area (Å²) in [7, 11) is -3.67. The summed E-state index contributed by atoms with van der Waals surface area (Å²) >= 11 is 0. The van der Waals surface area contributed by atoms with Crippen molar-refractivity contribution in [1.29, 1.82) is 0 Å². The number of carbonyl (C=O) groups is 1. The summed E-state index contributed by atoms with van der Waals surface area (Å²) in [5, 5.41) is 28.0. The van der Waals surface area contributed by atoms with E-state index < -0.39 is 10.1 Å². The maximum absolute atomic E-state index is 12.8. The molecule has 12 heteroatoms. The molecule has 40 heavy (non-hydrogen) atoms. The van der Waals surface area contributed by atoms with Crippen molar-refractivity contribution in [3.05, 3.63) is 53.2 Å². The largest absolute Gasteiger partial charge is 0.508 e. The first-order chi connectivity index (χ1) is 18.7. The molecule has 0 unspecified atom stereocenters. The monoisotopic (exact) mass is 575 g/mol. The Balaban J connectivity index is 0.000000810. The number of carbonyl (C=O) groups excluding carboxylic acids is 1. The summed E-state index contributed by atoms with van der Waals surface area (Å²) in [6.45, 7) is 12.3. The molecule has 0 radical (unpaired) electrons. The number of rotatable bonds is 6. The van der Waals surface area contributed by atoms with Gasteiger partial charge in [-0.15, -0.1) is 0 Å². The predicted molar refractivity (Wildman–Crippen MR) is 151 cm³/mol. The minimum atomic E-state index is -3.67. The fourth-order valence-corrected chi connectivity index (χ4v) is 4.30. The highest BCUT2D eigenvalue weighted by Crippen LogP contribution is 2.44. The van der Waals surface area contributed by atoms with E-state index in [2.05, 4.69) is 15.4 Å². The van der Waals surface area contributed by atoms with Gasteiger partial charge in [-0.3, -0.25) is 14.2 Å². The molecular weight excluding hydrogens is 538 g/mol. The Morgan fingerprint density at radius 1 is 1.07 bits per heavy atom. The average Bonchev–Trinajstić information content (AvgIpc) is 3.28. The van der Waals surface area contributed by atoms with Crippen molar-refractivity contribution < 1.29 is 37.2 Å². The summed E-state index contributed by atoms with van der Waals surface area (Å²) in [6, 6.07) is 10.9. The highest BCUT2D eigenvalue weighted by molar-refractivity contribution is 7.85. The van der Waals surface area contributed by atoms with Gasteiger partial charge in [-0.05, 0) is 29.5 Å². The Kier molecular flexibility index (Phi) is 9.96. The van der Waals surface area contributed by atoms with E-state index in [9.17, 15) is 23.4 Å². The summed E-state index contributed by atoms with van der Waals surface area (Å²) in [4.78, 5) is 15.2. The van der Waals surface area contributed by atoms with E-state index in [1.165, 1.54) is 6.07 Å². The highest BCUT2D eigenvalue weighted by atomic mass is 32.2. The van der Waals surface area contributed by atoms with E-state index >= 15 is 0 Å². The third kappa shape index (κ3) is 8.28. The lowest BCUT2D eigenvalue weighted by Crippen LogP contribution is -2.35. The third-order valence-corrected chi connectivity index (χ3v) is 6.16. The third-order valence-electron chi connectivity index (χ3n) is 6.16. The van der Waals surface area contributed by atoms with Crippen LogP contribution in [-0.2, 0) is 26.8 Å². The lowest BCUT2D eigenvalue weighted by atomic mass is 9.84. The van der Waals surface area contributed by atoms with Crippen LogP contribution in [0.1, 0.15) is 49.3 Å². The molecule has 11 nitrogen and oxygen atoms in total. The van der Waals surface area contributed by atoms with Crippen LogP contribution >= 0.6 is 0 Å². The summed E-state index contributed by atoms with van der Waals surface area (Å²) in [5.74, 6) is -0.241. The number of hydrogen-bond donors (Lipinski definition) is 4. The molecule has 4 rings (SSSR count). The van der Waals surface area contributed by atoms with Crippen molar-refractivity contribution in [2.75, 3.05) is 39.1 Å². The topological polar surface area (TPSA) is 162 Å². The molecule has 4 N–H and O–H groups in total. The Bertz CT molecular complexity index is 1410. The van der Waals surface area contributed by atoms with E-state index in [0.29, 0.717) is 29.5 Å². The molecule has 1 saturated heterocycles. The second-order valence-electron chi connectivity index (χ2n) is 10.5. The number of aromatic nitrogens is 1. The minimum absolute atomic E-state index is 0.00349. The second-order valence-corrected chi connectivity index (χ2v) is 12.0. The number of amides is 1. The number of phenols is 2. The molecule has 1 amide bonds. The van der Waals surface area contributed by atoms with Crippen LogP contribution in [0.4, 0.5) is 0 Å². The van der Waals surface area contributed by atoms with Gasteiger partial charge in [0, 0.05) is 37.8 Å². The van der Waals surface area contributed by atoms with Crippen molar-refractivity contribution in [2.24, 2.45) is 0 Å². The molecule has 1 aromatic heterocycles. The lowest BCUT2D eigenvalue weighted by Gasteiger charge is -2.26. The number of morpholine rings is 1. The predicted octanol–water partition coefficient (Wildman–Crippen LogP) is 3.80. The summed E-state index contributed by atoms with van der Waals surface area (Å²) in [6.07, 6.45) is 0.715. The lowest BCUT2D eigenvalue weighted by molar-refractivity contribution is 0.0342. The van der Waals surface area contributed by atoms with Crippen LogP contribution in [0.15, 0.2) is 40.9 Å².